The van der Waals surface area contributed by atoms with Crippen molar-refractivity contribution in [3.63, 3.8) is 0 Å². The Morgan fingerprint density at radius 1 is 1.50 bits per heavy atom. The first-order chi connectivity index (χ1) is 6.71. The van der Waals surface area contributed by atoms with Crippen molar-refractivity contribution < 1.29 is 9.53 Å². The fraction of sp³-hybridized carbons (Fsp3) is 0.364. The van der Waals surface area contributed by atoms with E-state index in [0.717, 1.165) is 5.56 Å². The summed E-state index contributed by atoms with van der Waals surface area (Å²) in [6, 6.07) is 9.83. The second kappa shape index (κ2) is 3.42. The Bertz CT molecular complexity index is 330. The van der Waals surface area contributed by atoms with Crippen LogP contribution in [-0.4, -0.2) is 18.1 Å². The second-order valence-electron chi connectivity index (χ2n) is 3.69. The third kappa shape index (κ3) is 1.93. The van der Waals surface area contributed by atoms with E-state index < -0.39 is 5.60 Å². The summed E-state index contributed by atoms with van der Waals surface area (Å²) in [5, 5.41) is 2.84. The zero-order valence-corrected chi connectivity index (χ0v) is 8.12. The molecule has 74 valence electrons. The van der Waals surface area contributed by atoms with Crippen molar-refractivity contribution in [1.82, 2.24) is 5.32 Å². The van der Waals surface area contributed by atoms with E-state index >= 15 is 0 Å². The number of hydrogen-bond acceptors (Lipinski definition) is 2. The summed E-state index contributed by atoms with van der Waals surface area (Å²) in [5.41, 5.74) is 0.541. The minimum Gasteiger partial charge on any atom is -0.359 e. The Balaban J connectivity index is 1.86. The van der Waals surface area contributed by atoms with Gasteiger partial charge in [0, 0.05) is 6.54 Å². The lowest BCUT2D eigenvalue weighted by atomic mass is 10.2. The van der Waals surface area contributed by atoms with Gasteiger partial charge < -0.3 is 10.1 Å². The summed E-state index contributed by atoms with van der Waals surface area (Å²) in [6.45, 7) is 2.90. The quantitative estimate of drug-likeness (QED) is 0.727. The summed E-state index contributed by atoms with van der Waals surface area (Å²) < 4.78 is 5.03. The van der Waals surface area contributed by atoms with E-state index in [1.54, 1.807) is 6.92 Å². The molecule has 0 spiro atoms. The SMILES string of the molecule is CC1(C(=O)NCc2ccccc2)CO1. The van der Waals surface area contributed by atoms with Crippen LogP contribution >= 0.6 is 0 Å². The van der Waals surface area contributed by atoms with Crippen LogP contribution in [0.15, 0.2) is 30.3 Å². The molecule has 14 heavy (non-hydrogen) atoms. The van der Waals surface area contributed by atoms with Crippen LogP contribution in [0.2, 0.25) is 0 Å². The Morgan fingerprint density at radius 3 is 2.71 bits per heavy atom. The standard InChI is InChI=1S/C11H13NO2/c1-11(8-14-11)10(13)12-7-9-5-3-2-4-6-9/h2-6H,7-8H2,1H3,(H,12,13). The molecule has 1 atom stereocenters. The number of benzene rings is 1. The summed E-state index contributed by atoms with van der Waals surface area (Å²) in [7, 11) is 0. The van der Waals surface area contributed by atoms with Gasteiger partial charge in [0.1, 0.15) is 0 Å². The number of amides is 1. The number of ether oxygens (including phenoxy) is 1. The fourth-order valence-electron chi connectivity index (χ4n) is 1.20. The molecular formula is C11H13NO2. The molecule has 1 saturated heterocycles. The van der Waals surface area contributed by atoms with Crippen molar-refractivity contribution in [2.24, 2.45) is 0 Å². The highest BCUT2D eigenvalue weighted by molar-refractivity contribution is 5.87. The number of hydrogen-bond donors (Lipinski definition) is 1. The molecule has 1 aromatic carbocycles. The fourth-order valence-corrected chi connectivity index (χ4v) is 1.20. The average Bonchev–Trinajstić information content (AvgIpc) is 2.96. The van der Waals surface area contributed by atoms with Crippen LogP contribution in [0, 0.1) is 0 Å². The Labute approximate surface area is 83.1 Å². The maximum Gasteiger partial charge on any atom is 0.254 e. The van der Waals surface area contributed by atoms with Gasteiger partial charge in [0.15, 0.2) is 5.60 Å². The smallest absolute Gasteiger partial charge is 0.254 e. The molecule has 1 aliphatic rings. The molecule has 1 unspecified atom stereocenters. The van der Waals surface area contributed by atoms with E-state index in [1.165, 1.54) is 0 Å². The monoisotopic (exact) mass is 191 g/mol. The second-order valence-corrected chi connectivity index (χ2v) is 3.69. The molecule has 3 nitrogen and oxygen atoms in total. The van der Waals surface area contributed by atoms with Gasteiger partial charge in [-0.15, -0.1) is 0 Å². The van der Waals surface area contributed by atoms with Crippen molar-refractivity contribution in [1.29, 1.82) is 0 Å². The largest absolute Gasteiger partial charge is 0.359 e. The molecule has 2 rings (SSSR count). The molecule has 1 amide bonds. The highest BCUT2D eigenvalue weighted by atomic mass is 16.6. The van der Waals surface area contributed by atoms with E-state index in [4.69, 9.17) is 4.74 Å². The Morgan fingerprint density at radius 2 is 2.14 bits per heavy atom. The molecule has 0 aliphatic carbocycles. The number of epoxide rings is 1. The van der Waals surface area contributed by atoms with Crippen molar-refractivity contribution in [2.45, 2.75) is 19.1 Å². The van der Waals surface area contributed by atoms with E-state index in [2.05, 4.69) is 5.32 Å². The zero-order chi connectivity index (χ0) is 10.0. The number of rotatable bonds is 3. The van der Waals surface area contributed by atoms with E-state index in [1.807, 2.05) is 30.3 Å². The minimum absolute atomic E-state index is 0.0265. The predicted octanol–water partition coefficient (Wildman–Crippen LogP) is 1.09. The van der Waals surface area contributed by atoms with Gasteiger partial charge >= 0.3 is 0 Å². The molecule has 0 bridgehead atoms. The van der Waals surface area contributed by atoms with Crippen molar-refractivity contribution >= 4 is 5.91 Å². The molecule has 1 heterocycles. The lowest BCUT2D eigenvalue weighted by molar-refractivity contribution is -0.125. The van der Waals surface area contributed by atoms with Gasteiger partial charge in [-0.05, 0) is 12.5 Å². The Kier molecular flexibility index (Phi) is 2.25. The first kappa shape index (κ1) is 9.21. The van der Waals surface area contributed by atoms with Gasteiger partial charge in [0.05, 0.1) is 6.61 Å². The third-order valence-electron chi connectivity index (χ3n) is 2.35. The summed E-state index contributed by atoms with van der Waals surface area (Å²) in [4.78, 5) is 11.5. The topological polar surface area (TPSA) is 41.6 Å². The maximum atomic E-state index is 11.5. The van der Waals surface area contributed by atoms with Gasteiger partial charge in [-0.2, -0.15) is 0 Å². The molecule has 1 fully saturated rings. The van der Waals surface area contributed by atoms with E-state index in [-0.39, 0.29) is 5.91 Å². The molecule has 1 N–H and O–H groups in total. The molecule has 0 saturated carbocycles. The third-order valence-corrected chi connectivity index (χ3v) is 2.35. The van der Waals surface area contributed by atoms with Crippen LogP contribution in [0.4, 0.5) is 0 Å². The normalized spacial score (nSPS) is 24.4. The lowest BCUT2D eigenvalue weighted by Crippen LogP contribution is -2.34. The Hall–Kier alpha value is -1.35. The van der Waals surface area contributed by atoms with Crippen molar-refractivity contribution in [2.75, 3.05) is 6.61 Å². The summed E-state index contributed by atoms with van der Waals surface area (Å²) in [5.74, 6) is -0.0265. The summed E-state index contributed by atoms with van der Waals surface area (Å²) in [6.07, 6.45) is 0. The highest BCUT2D eigenvalue weighted by Gasteiger charge is 2.46. The van der Waals surface area contributed by atoms with Gasteiger partial charge in [-0.3, -0.25) is 4.79 Å². The molecule has 0 aromatic heterocycles. The van der Waals surface area contributed by atoms with Crippen LogP contribution in [0.3, 0.4) is 0 Å². The highest BCUT2D eigenvalue weighted by Crippen LogP contribution is 2.25. The average molecular weight is 191 g/mol. The van der Waals surface area contributed by atoms with Crippen molar-refractivity contribution in [3.8, 4) is 0 Å². The van der Waals surface area contributed by atoms with Crippen molar-refractivity contribution in [3.05, 3.63) is 35.9 Å². The van der Waals surface area contributed by atoms with Gasteiger partial charge in [0.2, 0.25) is 0 Å². The van der Waals surface area contributed by atoms with Crippen LogP contribution < -0.4 is 5.32 Å². The van der Waals surface area contributed by atoms with Crippen LogP contribution in [0.1, 0.15) is 12.5 Å². The molecule has 1 aromatic rings. The van der Waals surface area contributed by atoms with E-state index in [9.17, 15) is 4.79 Å². The maximum absolute atomic E-state index is 11.5. The van der Waals surface area contributed by atoms with Crippen LogP contribution in [-0.2, 0) is 16.1 Å². The first-order valence-corrected chi connectivity index (χ1v) is 4.67. The summed E-state index contributed by atoms with van der Waals surface area (Å²) >= 11 is 0. The lowest BCUT2D eigenvalue weighted by Gasteiger charge is -2.07. The number of nitrogens with one attached hydrogen (secondary N) is 1. The molecule has 3 heteroatoms. The number of carbonyl (C=O) groups is 1. The molecular weight excluding hydrogens is 178 g/mol. The predicted molar refractivity (Wildman–Crippen MR) is 52.6 cm³/mol. The van der Waals surface area contributed by atoms with Crippen LogP contribution in [0.5, 0.6) is 0 Å². The van der Waals surface area contributed by atoms with Crippen LogP contribution in [0.25, 0.3) is 0 Å². The van der Waals surface area contributed by atoms with Gasteiger partial charge in [-0.1, -0.05) is 30.3 Å². The first-order valence-electron chi connectivity index (χ1n) is 4.67. The molecule has 1 aliphatic heterocycles. The van der Waals surface area contributed by atoms with Gasteiger partial charge in [-0.25, -0.2) is 0 Å². The number of carbonyl (C=O) groups excluding carboxylic acids is 1. The zero-order valence-electron chi connectivity index (χ0n) is 8.12. The van der Waals surface area contributed by atoms with Gasteiger partial charge in [0.25, 0.3) is 5.91 Å². The molecule has 0 radical (unpaired) electrons. The minimum atomic E-state index is -0.561. The van der Waals surface area contributed by atoms with E-state index in [0.29, 0.717) is 13.2 Å².